The first kappa shape index (κ1) is 15.9. The quantitative estimate of drug-likeness (QED) is 0.798. The van der Waals surface area contributed by atoms with E-state index in [9.17, 15) is 13.2 Å². The first-order valence-electron chi connectivity index (χ1n) is 6.79. The van der Waals surface area contributed by atoms with E-state index in [0.29, 0.717) is 26.3 Å². The number of rotatable bonds is 5. The van der Waals surface area contributed by atoms with E-state index in [-0.39, 0.29) is 23.4 Å². The van der Waals surface area contributed by atoms with Gasteiger partial charge in [-0.15, -0.1) is 0 Å². The topological polar surface area (TPSA) is 93.5 Å². The minimum Gasteiger partial charge on any atom is -0.378 e. The molecular formula is C12H20N4O4S. The van der Waals surface area contributed by atoms with Crippen molar-refractivity contribution in [3.63, 3.8) is 0 Å². The molecule has 0 atom stereocenters. The fraction of sp³-hybridized carbons (Fsp3) is 0.667. The Hall–Kier alpha value is -1.45. The Kier molecular flexibility index (Phi) is 4.96. The van der Waals surface area contributed by atoms with Crippen LogP contribution in [0.4, 0.5) is 0 Å². The Morgan fingerprint density at radius 3 is 2.67 bits per heavy atom. The summed E-state index contributed by atoms with van der Waals surface area (Å²) in [5, 5.41) is 3.98. The zero-order valence-corrected chi connectivity index (χ0v) is 13.0. The summed E-state index contributed by atoms with van der Waals surface area (Å²) in [5.41, 5.74) is 0. The summed E-state index contributed by atoms with van der Waals surface area (Å²) < 4.78 is 33.2. The predicted molar refractivity (Wildman–Crippen MR) is 75.2 cm³/mol. The molecule has 0 bridgehead atoms. The Labute approximate surface area is 124 Å². The number of hydrogen-bond donors (Lipinski definition) is 1. The molecule has 9 heteroatoms. The molecule has 1 aromatic rings. The summed E-state index contributed by atoms with van der Waals surface area (Å²) in [5.74, 6) is -0.252. The number of sulfonamides is 1. The number of carbonyl (C=O) groups excluding carboxylic acids is 1. The Morgan fingerprint density at radius 2 is 2.10 bits per heavy atom. The van der Waals surface area contributed by atoms with Crippen LogP contribution in [0.3, 0.4) is 0 Å². The fourth-order valence-corrected chi connectivity index (χ4v) is 2.82. The third-order valence-electron chi connectivity index (χ3n) is 3.19. The normalized spacial score (nSPS) is 16.4. The van der Waals surface area contributed by atoms with Gasteiger partial charge in [0.2, 0.25) is 15.9 Å². The number of hydrogen-bond acceptors (Lipinski definition) is 5. The van der Waals surface area contributed by atoms with Crippen LogP contribution in [0, 0.1) is 0 Å². The summed E-state index contributed by atoms with van der Waals surface area (Å²) in [6.45, 7) is 5.50. The van der Waals surface area contributed by atoms with Gasteiger partial charge in [0.15, 0.2) is 0 Å². The van der Waals surface area contributed by atoms with Crippen molar-refractivity contribution >= 4 is 15.9 Å². The number of ether oxygens (including phenoxy) is 1. The third-order valence-corrected chi connectivity index (χ3v) is 4.55. The highest BCUT2D eigenvalue weighted by atomic mass is 32.2. The monoisotopic (exact) mass is 316 g/mol. The SMILES string of the molecule is CC(C)n1cc(S(=O)(=O)NCC(=O)N2CCOCC2)cn1. The Morgan fingerprint density at radius 1 is 1.43 bits per heavy atom. The molecule has 8 nitrogen and oxygen atoms in total. The van der Waals surface area contributed by atoms with Crippen molar-refractivity contribution in [2.45, 2.75) is 24.8 Å². The summed E-state index contributed by atoms with van der Waals surface area (Å²) in [7, 11) is -3.72. The average molecular weight is 316 g/mol. The van der Waals surface area contributed by atoms with Gasteiger partial charge in [-0.3, -0.25) is 9.48 Å². The lowest BCUT2D eigenvalue weighted by atomic mass is 10.4. The van der Waals surface area contributed by atoms with Gasteiger partial charge in [0.1, 0.15) is 4.90 Å². The highest BCUT2D eigenvalue weighted by Gasteiger charge is 2.21. The lowest BCUT2D eigenvalue weighted by Gasteiger charge is -2.26. The van der Waals surface area contributed by atoms with Gasteiger partial charge in [-0.1, -0.05) is 0 Å². The standard InChI is InChI=1S/C12H20N4O4S/c1-10(2)16-9-11(7-13-16)21(18,19)14-8-12(17)15-3-5-20-6-4-15/h7,9-10,14H,3-6,8H2,1-2H3. The zero-order chi connectivity index (χ0) is 15.5. The van der Waals surface area contributed by atoms with E-state index in [1.165, 1.54) is 12.4 Å². The molecule has 1 fully saturated rings. The molecule has 0 aromatic carbocycles. The van der Waals surface area contributed by atoms with Crippen LogP contribution in [-0.4, -0.2) is 61.9 Å². The number of aromatic nitrogens is 2. The van der Waals surface area contributed by atoms with Gasteiger partial charge in [-0.25, -0.2) is 13.1 Å². The molecule has 0 unspecified atom stereocenters. The first-order valence-corrected chi connectivity index (χ1v) is 8.28. The minimum atomic E-state index is -3.72. The van der Waals surface area contributed by atoms with Crippen molar-refractivity contribution in [3.8, 4) is 0 Å². The number of amides is 1. The highest BCUT2D eigenvalue weighted by molar-refractivity contribution is 7.89. The second-order valence-electron chi connectivity index (χ2n) is 5.07. The van der Waals surface area contributed by atoms with Crippen LogP contribution in [0.15, 0.2) is 17.3 Å². The Bertz CT molecular complexity index is 590. The molecule has 0 saturated carbocycles. The van der Waals surface area contributed by atoms with Crippen molar-refractivity contribution in [1.29, 1.82) is 0 Å². The molecule has 1 aromatic heterocycles. The van der Waals surface area contributed by atoms with Gasteiger partial charge in [0, 0.05) is 25.3 Å². The molecule has 0 radical (unpaired) electrons. The molecule has 0 spiro atoms. The van der Waals surface area contributed by atoms with Crippen molar-refractivity contribution in [3.05, 3.63) is 12.4 Å². The molecule has 2 rings (SSSR count). The zero-order valence-electron chi connectivity index (χ0n) is 12.2. The summed E-state index contributed by atoms with van der Waals surface area (Å²) in [6.07, 6.45) is 2.73. The van der Waals surface area contributed by atoms with Crippen LogP contribution in [-0.2, 0) is 19.6 Å². The molecule has 1 saturated heterocycles. The molecule has 1 aliphatic heterocycles. The van der Waals surface area contributed by atoms with E-state index in [1.54, 1.807) is 9.58 Å². The van der Waals surface area contributed by atoms with Crippen LogP contribution >= 0.6 is 0 Å². The molecule has 1 N–H and O–H groups in total. The largest absolute Gasteiger partial charge is 0.378 e. The third kappa shape index (κ3) is 4.02. The maximum atomic E-state index is 12.1. The number of morpholine rings is 1. The highest BCUT2D eigenvalue weighted by Crippen LogP contribution is 2.10. The van der Waals surface area contributed by atoms with Gasteiger partial charge >= 0.3 is 0 Å². The van der Waals surface area contributed by atoms with E-state index in [2.05, 4.69) is 9.82 Å². The van der Waals surface area contributed by atoms with Crippen LogP contribution in [0.5, 0.6) is 0 Å². The van der Waals surface area contributed by atoms with E-state index in [0.717, 1.165) is 0 Å². The van der Waals surface area contributed by atoms with Crippen LogP contribution < -0.4 is 4.72 Å². The van der Waals surface area contributed by atoms with Gasteiger partial charge < -0.3 is 9.64 Å². The van der Waals surface area contributed by atoms with Gasteiger partial charge in [0.05, 0.1) is 26.0 Å². The fourth-order valence-electron chi connectivity index (χ4n) is 1.91. The maximum Gasteiger partial charge on any atom is 0.244 e. The van der Waals surface area contributed by atoms with Crippen LogP contribution in [0.1, 0.15) is 19.9 Å². The molecule has 1 aliphatic rings. The van der Waals surface area contributed by atoms with Gasteiger partial charge in [-0.2, -0.15) is 5.10 Å². The summed E-state index contributed by atoms with van der Waals surface area (Å²) in [4.78, 5) is 13.6. The van der Waals surface area contributed by atoms with Gasteiger partial charge in [0.25, 0.3) is 0 Å². The maximum absolute atomic E-state index is 12.1. The molecule has 1 amide bonds. The predicted octanol–water partition coefficient (Wildman–Crippen LogP) is -0.399. The van der Waals surface area contributed by atoms with E-state index in [1.807, 2.05) is 13.8 Å². The molecule has 0 aliphatic carbocycles. The smallest absolute Gasteiger partial charge is 0.244 e. The van der Waals surface area contributed by atoms with Crippen molar-refractivity contribution in [2.75, 3.05) is 32.8 Å². The minimum absolute atomic E-state index is 0.0611. The van der Waals surface area contributed by atoms with Crippen LogP contribution in [0.25, 0.3) is 0 Å². The summed E-state index contributed by atoms with van der Waals surface area (Å²) in [6, 6.07) is 0.0731. The first-order chi connectivity index (χ1) is 9.90. The van der Waals surface area contributed by atoms with E-state index in [4.69, 9.17) is 4.74 Å². The lowest BCUT2D eigenvalue weighted by molar-refractivity contribution is -0.133. The van der Waals surface area contributed by atoms with Crippen LogP contribution in [0.2, 0.25) is 0 Å². The molecule has 118 valence electrons. The molecule has 21 heavy (non-hydrogen) atoms. The summed E-state index contributed by atoms with van der Waals surface area (Å²) >= 11 is 0. The van der Waals surface area contributed by atoms with Crippen molar-refractivity contribution in [2.24, 2.45) is 0 Å². The lowest BCUT2D eigenvalue weighted by Crippen LogP contribution is -2.45. The number of carbonyl (C=O) groups is 1. The van der Waals surface area contributed by atoms with Crippen molar-refractivity contribution < 1.29 is 17.9 Å². The Balaban J connectivity index is 1.95. The second-order valence-corrected chi connectivity index (χ2v) is 6.83. The van der Waals surface area contributed by atoms with E-state index >= 15 is 0 Å². The average Bonchev–Trinajstić information content (AvgIpc) is 2.97. The van der Waals surface area contributed by atoms with E-state index < -0.39 is 10.0 Å². The number of nitrogens with zero attached hydrogens (tertiary/aromatic N) is 3. The molecule has 2 heterocycles. The molecular weight excluding hydrogens is 296 g/mol. The van der Waals surface area contributed by atoms with Gasteiger partial charge in [-0.05, 0) is 13.8 Å². The van der Waals surface area contributed by atoms with Crippen molar-refractivity contribution in [1.82, 2.24) is 19.4 Å². The number of nitrogens with one attached hydrogen (secondary N) is 1. The second kappa shape index (κ2) is 6.54.